The van der Waals surface area contributed by atoms with Gasteiger partial charge in [-0.3, -0.25) is 9.59 Å². The summed E-state index contributed by atoms with van der Waals surface area (Å²) >= 11 is 1.49. The molecule has 0 fully saturated rings. The largest absolute Gasteiger partial charge is 0.497 e. The minimum Gasteiger partial charge on any atom is -0.497 e. The zero-order chi connectivity index (χ0) is 21.6. The smallest absolute Gasteiger partial charge is 0.243 e. The molecule has 2 N–H and O–H groups in total. The summed E-state index contributed by atoms with van der Waals surface area (Å²) in [5.41, 5.74) is 3.73. The highest BCUT2D eigenvalue weighted by Crippen LogP contribution is 2.28. The number of carbonyl (C=O) groups excluding carboxylic acids is 2. The van der Waals surface area contributed by atoms with Gasteiger partial charge in [0.1, 0.15) is 10.8 Å². The molecule has 0 atom stereocenters. The summed E-state index contributed by atoms with van der Waals surface area (Å²) in [7, 11) is 1.56. The predicted octanol–water partition coefficient (Wildman–Crippen LogP) is 4.27. The second kappa shape index (κ2) is 9.40. The second-order valence-electron chi connectivity index (χ2n) is 6.89. The van der Waals surface area contributed by atoms with E-state index in [4.69, 9.17) is 4.74 Å². The Balaban J connectivity index is 1.34. The van der Waals surface area contributed by atoms with Crippen LogP contribution < -0.4 is 15.4 Å². The molecule has 31 heavy (non-hydrogen) atoms. The van der Waals surface area contributed by atoms with E-state index in [1.54, 1.807) is 31.4 Å². The lowest BCUT2D eigenvalue weighted by molar-refractivity contribution is -0.123. The van der Waals surface area contributed by atoms with Crippen LogP contribution in [-0.2, 0) is 16.0 Å². The molecule has 2 amide bonds. The van der Waals surface area contributed by atoms with E-state index < -0.39 is 0 Å². The molecule has 0 bridgehead atoms. The van der Waals surface area contributed by atoms with Crippen molar-refractivity contribution < 1.29 is 14.3 Å². The van der Waals surface area contributed by atoms with Crippen LogP contribution in [0.5, 0.6) is 5.75 Å². The average molecular weight is 432 g/mol. The van der Waals surface area contributed by atoms with Crippen LogP contribution in [-0.4, -0.2) is 30.5 Å². The third kappa shape index (κ3) is 5.26. The Morgan fingerprint density at radius 2 is 1.77 bits per heavy atom. The quantitative estimate of drug-likeness (QED) is 0.458. The van der Waals surface area contributed by atoms with Gasteiger partial charge in [-0.1, -0.05) is 42.5 Å². The number of thiazole rings is 1. The standard InChI is InChI=1S/C24H21N3O3S/c1-30-19-9-5-8-18(13-19)26-23(29)15-25-22(28)14-24-27-20-11-10-17(12-21(20)31-24)16-6-3-2-4-7-16/h2-13H,14-15H2,1H3,(H,25,28)(H,26,29). The molecule has 0 saturated heterocycles. The van der Waals surface area contributed by atoms with E-state index in [0.717, 1.165) is 21.3 Å². The molecule has 0 unspecified atom stereocenters. The Hall–Kier alpha value is -3.71. The minimum absolute atomic E-state index is 0.112. The van der Waals surface area contributed by atoms with E-state index in [9.17, 15) is 9.59 Å². The van der Waals surface area contributed by atoms with Crippen LogP contribution in [0.4, 0.5) is 5.69 Å². The number of nitrogens with one attached hydrogen (secondary N) is 2. The average Bonchev–Trinajstić information content (AvgIpc) is 3.19. The predicted molar refractivity (Wildman–Crippen MR) is 123 cm³/mol. The van der Waals surface area contributed by atoms with Crippen LogP contribution in [0.15, 0.2) is 72.8 Å². The van der Waals surface area contributed by atoms with Crippen LogP contribution in [0.1, 0.15) is 5.01 Å². The van der Waals surface area contributed by atoms with Crippen LogP contribution in [0.2, 0.25) is 0 Å². The maximum absolute atomic E-state index is 12.3. The molecule has 3 aromatic carbocycles. The van der Waals surface area contributed by atoms with Crippen LogP contribution in [0.25, 0.3) is 21.3 Å². The first-order valence-corrected chi connectivity index (χ1v) is 10.6. The van der Waals surface area contributed by atoms with Crippen LogP contribution in [0, 0.1) is 0 Å². The van der Waals surface area contributed by atoms with Crippen molar-refractivity contribution in [2.75, 3.05) is 19.0 Å². The van der Waals surface area contributed by atoms with Crippen molar-refractivity contribution in [2.45, 2.75) is 6.42 Å². The van der Waals surface area contributed by atoms with Crippen molar-refractivity contribution in [3.05, 3.63) is 77.8 Å². The fourth-order valence-corrected chi connectivity index (χ4v) is 4.15. The number of anilines is 1. The number of ether oxygens (including phenoxy) is 1. The van der Waals surface area contributed by atoms with Crippen molar-refractivity contribution in [3.63, 3.8) is 0 Å². The minimum atomic E-state index is -0.307. The monoisotopic (exact) mass is 431 g/mol. The molecule has 0 aliphatic carbocycles. The lowest BCUT2D eigenvalue weighted by Gasteiger charge is -2.07. The summed E-state index contributed by atoms with van der Waals surface area (Å²) in [4.78, 5) is 28.9. The third-order valence-corrected chi connectivity index (χ3v) is 5.67. The number of nitrogens with zero attached hydrogens (tertiary/aromatic N) is 1. The van der Waals surface area contributed by atoms with E-state index in [2.05, 4.69) is 33.8 Å². The molecule has 1 aromatic heterocycles. The summed E-state index contributed by atoms with van der Waals surface area (Å²) in [6.45, 7) is -0.112. The third-order valence-electron chi connectivity index (χ3n) is 4.65. The highest BCUT2D eigenvalue weighted by molar-refractivity contribution is 7.18. The topological polar surface area (TPSA) is 80.3 Å². The highest BCUT2D eigenvalue weighted by Gasteiger charge is 2.12. The maximum atomic E-state index is 12.3. The molecule has 6 nitrogen and oxygen atoms in total. The van der Waals surface area contributed by atoms with Gasteiger partial charge in [0.15, 0.2) is 0 Å². The van der Waals surface area contributed by atoms with E-state index in [0.29, 0.717) is 16.4 Å². The summed E-state index contributed by atoms with van der Waals surface area (Å²) in [5, 5.41) is 6.09. The Morgan fingerprint density at radius 1 is 0.935 bits per heavy atom. The highest BCUT2D eigenvalue weighted by atomic mass is 32.1. The van der Waals surface area contributed by atoms with E-state index >= 15 is 0 Å². The number of methoxy groups -OCH3 is 1. The Morgan fingerprint density at radius 3 is 2.58 bits per heavy atom. The van der Waals surface area contributed by atoms with Gasteiger partial charge in [0.05, 0.1) is 30.3 Å². The number of amides is 2. The van der Waals surface area contributed by atoms with Crippen molar-refractivity contribution >= 4 is 39.1 Å². The molecule has 0 saturated carbocycles. The molecule has 4 rings (SSSR count). The van der Waals surface area contributed by atoms with Gasteiger partial charge in [-0.2, -0.15) is 0 Å². The van der Waals surface area contributed by atoms with Crippen molar-refractivity contribution in [1.29, 1.82) is 0 Å². The molecule has 0 radical (unpaired) electrons. The maximum Gasteiger partial charge on any atom is 0.243 e. The zero-order valence-electron chi connectivity index (χ0n) is 16.9. The summed E-state index contributed by atoms with van der Waals surface area (Å²) in [5.74, 6) is 0.0923. The van der Waals surface area contributed by atoms with Gasteiger partial charge in [-0.25, -0.2) is 4.98 Å². The fraction of sp³-hybridized carbons (Fsp3) is 0.125. The lowest BCUT2D eigenvalue weighted by Crippen LogP contribution is -2.33. The number of hydrogen-bond acceptors (Lipinski definition) is 5. The van der Waals surface area contributed by atoms with Crippen molar-refractivity contribution in [3.8, 4) is 16.9 Å². The van der Waals surface area contributed by atoms with Gasteiger partial charge in [0.2, 0.25) is 11.8 Å². The van der Waals surface area contributed by atoms with Gasteiger partial charge in [-0.05, 0) is 35.4 Å². The number of fused-ring (bicyclic) bond motifs is 1. The van der Waals surface area contributed by atoms with Crippen molar-refractivity contribution in [2.24, 2.45) is 0 Å². The molecule has 156 valence electrons. The molecule has 1 heterocycles. The number of benzene rings is 3. The molecule has 4 aromatic rings. The first-order chi connectivity index (χ1) is 15.1. The summed E-state index contributed by atoms with van der Waals surface area (Å²) in [6.07, 6.45) is 0.131. The van der Waals surface area contributed by atoms with Crippen molar-refractivity contribution in [1.82, 2.24) is 10.3 Å². The number of aromatic nitrogens is 1. The molecule has 7 heteroatoms. The summed E-state index contributed by atoms with van der Waals surface area (Å²) < 4.78 is 6.16. The molecule has 0 aliphatic rings. The molecule has 0 spiro atoms. The Kier molecular flexibility index (Phi) is 6.24. The normalized spacial score (nSPS) is 10.6. The van der Waals surface area contributed by atoms with Gasteiger partial charge < -0.3 is 15.4 Å². The number of rotatable bonds is 7. The Bertz CT molecular complexity index is 1220. The van der Waals surface area contributed by atoms with Crippen LogP contribution in [0.3, 0.4) is 0 Å². The number of carbonyl (C=O) groups is 2. The lowest BCUT2D eigenvalue weighted by atomic mass is 10.1. The van der Waals surface area contributed by atoms with E-state index in [-0.39, 0.29) is 24.8 Å². The zero-order valence-corrected chi connectivity index (χ0v) is 17.7. The molecular weight excluding hydrogens is 410 g/mol. The molecule has 0 aliphatic heterocycles. The number of hydrogen-bond donors (Lipinski definition) is 2. The van der Waals surface area contributed by atoms with Gasteiger partial charge in [0, 0.05) is 11.8 Å². The first-order valence-electron chi connectivity index (χ1n) is 9.76. The van der Waals surface area contributed by atoms with E-state index in [1.807, 2.05) is 30.3 Å². The second-order valence-corrected chi connectivity index (χ2v) is 8.00. The summed E-state index contributed by atoms with van der Waals surface area (Å²) in [6, 6.07) is 23.3. The Labute approximate surface area is 183 Å². The van der Waals surface area contributed by atoms with Gasteiger partial charge >= 0.3 is 0 Å². The van der Waals surface area contributed by atoms with Crippen LogP contribution >= 0.6 is 11.3 Å². The van der Waals surface area contributed by atoms with E-state index in [1.165, 1.54) is 11.3 Å². The first kappa shape index (κ1) is 20.6. The SMILES string of the molecule is COc1cccc(NC(=O)CNC(=O)Cc2nc3ccc(-c4ccccc4)cc3s2)c1. The van der Waals surface area contributed by atoms with Gasteiger partial charge in [0.25, 0.3) is 0 Å². The van der Waals surface area contributed by atoms with Gasteiger partial charge in [-0.15, -0.1) is 11.3 Å². The molecular formula is C24H21N3O3S. The fourth-order valence-electron chi connectivity index (χ4n) is 3.14.